The standard InChI is InChI=1S/C12H14N4O2S.ClH/c13-7(5-10(14)17)12(18)15-6-11-16-8-3-1-2-4-9(8)19-11;/h1-4,7H,5-6,13H2,(H2,14,17)(H,15,18);1H. The summed E-state index contributed by atoms with van der Waals surface area (Å²) in [7, 11) is 0. The molecule has 1 aromatic heterocycles. The van der Waals surface area contributed by atoms with E-state index in [1.54, 1.807) is 0 Å². The fraction of sp³-hybridized carbons (Fsp3) is 0.250. The topological polar surface area (TPSA) is 111 Å². The first kappa shape index (κ1) is 16.4. The molecule has 6 nitrogen and oxygen atoms in total. The molecule has 0 bridgehead atoms. The zero-order chi connectivity index (χ0) is 13.8. The molecule has 0 saturated heterocycles. The second-order valence-corrected chi connectivity index (χ2v) is 5.19. The maximum atomic E-state index is 11.6. The van der Waals surface area contributed by atoms with E-state index in [1.165, 1.54) is 11.3 Å². The number of hydrogen-bond acceptors (Lipinski definition) is 5. The molecule has 0 aliphatic carbocycles. The van der Waals surface area contributed by atoms with Crippen molar-refractivity contribution in [2.75, 3.05) is 0 Å². The molecule has 2 rings (SSSR count). The molecule has 0 fully saturated rings. The van der Waals surface area contributed by atoms with Crippen molar-refractivity contribution in [3.05, 3.63) is 29.3 Å². The van der Waals surface area contributed by atoms with Crippen LogP contribution in [0.3, 0.4) is 0 Å². The minimum Gasteiger partial charge on any atom is -0.370 e. The first-order valence-electron chi connectivity index (χ1n) is 5.72. The number of primary amides is 1. The molecule has 108 valence electrons. The number of para-hydroxylation sites is 1. The van der Waals surface area contributed by atoms with Gasteiger partial charge in [-0.05, 0) is 12.1 Å². The van der Waals surface area contributed by atoms with Gasteiger partial charge in [-0.3, -0.25) is 9.59 Å². The van der Waals surface area contributed by atoms with Gasteiger partial charge in [0.25, 0.3) is 0 Å². The number of amides is 2. The zero-order valence-corrected chi connectivity index (χ0v) is 12.2. The van der Waals surface area contributed by atoms with Gasteiger partial charge in [0.05, 0.1) is 29.2 Å². The number of hydrogen-bond donors (Lipinski definition) is 3. The van der Waals surface area contributed by atoms with Crippen LogP contribution in [-0.2, 0) is 16.1 Å². The van der Waals surface area contributed by atoms with Crippen molar-refractivity contribution in [3.8, 4) is 0 Å². The highest BCUT2D eigenvalue weighted by Gasteiger charge is 2.16. The Labute approximate surface area is 126 Å². The lowest BCUT2D eigenvalue weighted by molar-refractivity contribution is -0.126. The van der Waals surface area contributed by atoms with Gasteiger partial charge in [0.15, 0.2) is 0 Å². The Morgan fingerprint density at radius 1 is 1.35 bits per heavy atom. The monoisotopic (exact) mass is 314 g/mol. The number of nitrogens with zero attached hydrogens (tertiary/aromatic N) is 1. The number of nitrogens with one attached hydrogen (secondary N) is 1. The van der Waals surface area contributed by atoms with Crippen LogP contribution >= 0.6 is 23.7 Å². The lowest BCUT2D eigenvalue weighted by Gasteiger charge is -2.08. The number of aromatic nitrogens is 1. The average molecular weight is 315 g/mol. The molecule has 2 amide bonds. The van der Waals surface area contributed by atoms with E-state index in [9.17, 15) is 9.59 Å². The van der Waals surface area contributed by atoms with Crippen molar-refractivity contribution in [2.24, 2.45) is 11.5 Å². The van der Waals surface area contributed by atoms with Crippen molar-refractivity contribution >= 4 is 45.8 Å². The van der Waals surface area contributed by atoms with Gasteiger partial charge in [0, 0.05) is 0 Å². The molecule has 2 aromatic rings. The molecule has 1 unspecified atom stereocenters. The Hall–Kier alpha value is -1.70. The first-order valence-corrected chi connectivity index (χ1v) is 6.54. The van der Waals surface area contributed by atoms with Crippen LogP contribution < -0.4 is 16.8 Å². The summed E-state index contributed by atoms with van der Waals surface area (Å²) in [5.74, 6) is -0.999. The van der Waals surface area contributed by atoms with Gasteiger partial charge >= 0.3 is 0 Å². The third-order valence-corrected chi connectivity index (χ3v) is 3.55. The number of carbonyl (C=O) groups is 2. The van der Waals surface area contributed by atoms with Crippen molar-refractivity contribution in [3.63, 3.8) is 0 Å². The van der Waals surface area contributed by atoms with Crippen LogP contribution in [0.4, 0.5) is 0 Å². The summed E-state index contributed by atoms with van der Waals surface area (Å²) in [5, 5.41) is 3.43. The van der Waals surface area contributed by atoms with Gasteiger partial charge in [-0.15, -0.1) is 23.7 Å². The molecular weight excluding hydrogens is 300 g/mol. The van der Waals surface area contributed by atoms with E-state index in [-0.39, 0.29) is 18.8 Å². The van der Waals surface area contributed by atoms with Gasteiger partial charge in [-0.25, -0.2) is 4.98 Å². The van der Waals surface area contributed by atoms with Crippen LogP contribution in [0, 0.1) is 0 Å². The lowest BCUT2D eigenvalue weighted by atomic mass is 10.2. The van der Waals surface area contributed by atoms with Gasteiger partial charge in [-0.2, -0.15) is 0 Å². The summed E-state index contributed by atoms with van der Waals surface area (Å²) in [4.78, 5) is 26.6. The number of carbonyl (C=O) groups excluding carboxylic acids is 2. The van der Waals surface area contributed by atoms with Gasteiger partial charge in [0.1, 0.15) is 5.01 Å². The SMILES string of the molecule is Cl.NC(=O)CC(N)C(=O)NCc1nc2ccccc2s1. The Balaban J connectivity index is 0.00000200. The molecular formula is C12H15ClN4O2S. The molecule has 8 heteroatoms. The highest BCUT2D eigenvalue weighted by molar-refractivity contribution is 7.18. The van der Waals surface area contributed by atoms with Crippen molar-refractivity contribution in [2.45, 2.75) is 19.0 Å². The molecule has 1 heterocycles. The smallest absolute Gasteiger partial charge is 0.237 e. The summed E-state index contributed by atoms with van der Waals surface area (Å²) in [6.07, 6.45) is -0.161. The molecule has 0 aliphatic rings. The minimum atomic E-state index is -0.910. The highest BCUT2D eigenvalue weighted by atomic mass is 35.5. The summed E-state index contributed by atoms with van der Waals surface area (Å²) in [6.45, 7) is 0.296. The largest absolute Gasteiger partial charge is 0.370 e. The predicted molar refractivity (Wildman–Crippen MR) is 80.5 cm³/mol. The Bertz CT molecular complexity index is 583. The summed E-state index contributed by atoms with van der Waals surface area (Å²) in [6, 6.07) is 6.82. The van der Waals surface area contributed by atoms with Crippen LogP contribution in [0.15, 0.2) is 24.3 Å². The minimum absolute atomic E-state index is 0. The maximum Gasteiger partial charge on any atom is 0.237 e. The molecule has 5 N–H and O–H groups in total. The van der Waals surface area contributed by atoms with Crippen molar-refractivity contribution in [1.82, 2.24) is 10.3 Å². The van der Waals surface area contributed by atoms with Crippen LogP contribution in [0.5, 0.6) is 0 Å². The molecule has 0 radical (unpaired) electrons. The predicted octanol–water partition coefficient (Wildman–Crippen LogP) is 0.537. The summed E-state index contributed by atoms with van der Waals surface area (Å²) < 4.78 is 1.06. The van der Waals surface area contributed by atoms with E-state index in [4.69, 9.17) is 11.5 Å². The molecule has 1 aromatic carbocycles. The Kier molecular flexibility index (Phi) is 5.87. The van der Waals surface area contributed by atoms with Crippen LogP contribution in [0.25, 0.3) is 10.2 Å². The number of benzene rings is 1. The van der Waals surface area contributed by atoms with Crippen LogP contribution in [0.1, 0.15) is 11.4 Å². The fourth-order valence-electron chi connectivity index (χ4n) is 1.60. The van der Waals surface area contributed by atoms with E-state index in [1.807, 2.05) is 24.3 Å². The summed E-state index contributed by atoms with van der Waals surface area (Å²) in [5.41, 5.74) is 11.4. The third kappa shape index (κ3) is 4.16. The molecule has 1 atom stereocenters. The van der Waals surface area contributed by atoms with E-state index < -0.39 is 17.9 Å². The third-order valence-electron chi connectivity index (χ3n) is 2.51. The number of fused-ring (bicyclic) bond motifs is 1. The Morgan fingerprint density at radius 3 is 2.70 bits per heavy atom. The molecule has 20 heavy (non-hydrogen) atoms. The molecule has 0 saturated carbocycles. The number of rotatable bonds is 5. The highest BCUT2D eigenvalue weighted by Crippen LogP contribution is 2.21. The maximum absolute atomic E-state index is 11.6. The van der Waals surface area contributed by atoms with E-state index in [0.29, 0.717) is 6.54 Å². The summed E-state index contributed by atoms with van der Waals surface area (Å²) >= 11 is 1.51. The number of nitrogens with two attached hydrogens (primary N) is 2. The second-order valence-electron chi connectivity index (χ2n) is 4.07. The van der Waals surface area contributed by atoms with Gasteiger partial charge in [0.2, 0.25) is 11.8 Å². The van der Waals surface area contributed by atoms with E-state index >= 15 is 0 Å². The fourth-order valence-corrected chi connectivity index (χ4v) is 2.51. The molecule has 0 aliphatic heterocycles. The van der Waals surface area contributed by atoms with E-state index in [2.05, 4.69) is 10.3 Å². The number of halogens is 1. The van der Waals surface area contributed by atoms with Gasteiger partial charge < -0.3 is 16.8 Å². The van der Waals surface area contributed by atoms with E-state index in [0.717, 1.165) is 15.2 Å². The Morgan fingerprint density at radius 2 is 2.05 bits per heavy atom. The normalized spacial score (nSPS) is 11.7. The van der Waals surface area contributed by atoms with Crippen LogP contribution in [0.2, 0.25) is 0 Å². The number of thiazole rings is 1. The molecule has 0 spiro atoms. The second kappa shape index (κ2) is 7.18. The van der Waals surface area contributed by atoms with Gasteiger partial charge in [-0.1, -0.05) is 12.1 Å². The lowest BCUT2D eigenvalue weighted by Crippen LogP contribution is -2.42. The van der Waals surface area contributed by atoms with Crippen molar-refractivity contribution in [1.29, 1.82) is 0 Å². The van der Waals surface area contributed by atoms with Crippen LogP contribution in [-0.4, -0.2) is 22.8 Å². The first-order chi connectivity index (χ1) is 9.06. The van der Waals surface area contributed by atoms with Crippen molar-refractivity contribution < 1.29 is 9.59 Å². The zero-order valence-electron chi connectivity index (χ0n) is 10.5. The quantitative estimate of drug-likeness (QED) is 0.747. The average Bonchev–Trinajstić information content (AvgIpc) is 2.77.